The van der Waals surface area contributed by atoms with Gasteiger partial charge >= 0.3 is 0 Å². The van der Waals surface area contributed by atoms with Crippen LogP contribution in [0.4, 0.5) is 5.69 Å². The smallest absolute Gasteiger partial charge is 0.247 e. The van der Waals surface area contributed by atoms with Gasteiger partial charge in [0.25, 0.3) is 0 Å². The summed E-state index contributed by atoms with van der Waals surface area (Å²) in [5, 5.41) is 5.05. The lowest BCUT2D eigenvalue weighted by Gasteiger charge is -2.30. The summed E-state index contributed by atoms with van der Waals surface area (Å²) in [5.74, 6) is 1.19. The second kappa shape index (κ2) is 9.28. The van der Waals surface area contributed by atoms with Gasteiger partial charge in [0, 0.05) is 35.7 Å². The number of amides is 2. The van der Waals surface area contributed by atoms with Gasteiger partial charge in [-0.15, -0.1) is 0 Å². The Morgan fingerprint density at radius 3 is 2.59 bits per heavy atom. The molecule has 2 heterocycles. The zero-order chi connectivity index (χ0) is 22.8. The summed E-state index contributed by atoms with van der Waals surface area (Å²) in [7, 11) is 3.60. The van der Waals surface area contributed by atoms with Gasteiger partial charge in [0.1, 0.15) is 11.8 Å². The number of aromatic nitrogens is 1. The number of hydrogen-bond donors (Lipinski definition) is 1. The molecule has 4 rings (SSSR count). The number of benzene rings is 2. The number of fused-ring (bicyclic) bond motifs is 3. The Hall–Kier alpha value is -2.93. The van der Waals surface area contributed by atoms with Crippen molar-refractivity contribution in [3.8, 4) is 5.75 Å². The van der Waals surface area contributed by atoms with Gasteiger partial charge in [-0.1, -0.05) is 43.8 Å². The van der Waals surface area contributed by atoms with Crippen LogP contribution in [0, 0.1) is 5.92 Å². The molecular weight excluding hydrogens is 422 g/mol. The van der Waals surface area contributed by atoms with Crippen LogP contribution in [0.5, 0.6) is 5.75 Å². The van der Waals surface area contributed by atoms with E-state index in [0.717, 1.165) is 27.9 Å². The summed E-state index contributed by atoms with van der Waals surface area (Å²) < 4.78 is 7.38. The molecule has 0 saturated carbocycles. The van der Waals surface area contributed by atoms with Crippen LogP contribution in [0.2, 0.25) is 0 Å². The van der Waals surface area contributed by atoms with Gasteiger partial charge in [0.15, 0.2) is 0 Å². The van der Waals surface area contributed by atoms with Crippen molar-refractivity contribution in [1.82, 2.24) is 9.88 Å². The molecule has 168 valence electrons. The van der Waals surface area contributed by atoms with Gasteiger partial charge in [-0.05, 0) is 42.7 Å². The van der Waals surface area contributed by atoms with Crippen LogP contribution in [0.1, 0.15) is 31.9 Å². The van der Waals surface area contributed by atoms with Crippen LogP contribution >= 0.6 is 11.8 Å². The quantitative estimate of drug-likeness (QED) is 0.598. The third kappa shape index (κ3) is 4.09. The van der Waals surface area contributed by atoms with Crippen molar-refractivity contribution in [1.29, 1.82) is 0 Å². The molecule has 0 spiro atoms. The molecule has 0 fully saturated rings. The number of carbonyl (C=O) groups is 2. The topological polar surface area (TPSA) is 63.6 Å². The minimum atomic E-state index is -0.751. The molecule has 0 aliphatic carbocycles. The van der Waals surface area contributed by atoms with Crippen molar-refractivity contribution in [2.45, 2.75) is 31.3 Å². The summed E-state index contributed by atoms with van der Waals surface area (Å²) in [6, 6.07) is 14.6. The molecule has 1 aliphatic rings. The van der Waals surface area contributed by atoms with Gasteiger partial charge < -0.3 is 14.6 Å². The molecule has 1 atom stereocenters. The molecule has 0 radical (unpaired) electrons. The van der Waals surface area contributed by atoms with Gasteiger partial charge in [0.2, 0.25) is 11.8 Å². The van der Waals surface area contributed by atoms with Crippen LogP contribution in [-0.2, 0) is 16.6 Å². The van der Waals surface area contributed by atoms with Crippen molar-refractivity contribution in [3.63, 3.8) is 0 Å². The van der Waals surface area contributed by atoms with Crippen molar-refractivity contribution >= 4 is 40.2 Å². The Labute approximate surface area is 192 Å². The lowest BCUT2D eigenvalue weighted by Crippen LogP contribution is -2.44. The second-order valence-electron chi connectivity index (χ2n) is 8.42. The number of aryl methyl sites for hydroxylation is 1. The molecule has 1 unspecified atom stereocenters. The molecular formula is C25H29N3O3S. The molecule has 3 aromatic rings. The fourth-order valence-electron chi connectivity index (χ4n) is 4.18. The minimum Gasteiger partial charge on any atom is -0.497 e. The van der Waals surface area contributed by atoms with E-state index in [1.54, 1.807) is 12.0 Å². The van der Waals surface area contributed by atoms with E-state index in [1.165, 1.54) is 11.8 Å². The van der Waals surface area contributed by atoms with E-state index in [4.69, 9.17) is 4.74 Å². The van der Waals surface area contributed by atoms with Crippen molar-refractivity contribution in [3.05, 3.63) is 54.1 Å². The number of rotatable bonds is 6. The Balaban J connectivity index is 1.86. The van der Waals surface area contributed by atoms with E-state index in [9.17, 15) is 9.59 Å². The lowest BCUT2D eigenvalue weighted by molar-refractivity contribution is -0.125. The Kier molecular flexibility index (Phi) is 6.46. The molecule has 1 N–H and O–H groups in total. The number of carbonyl (C=O) groups excluding carboxylic acids is 2. The molecule has 32 heavy (non-hydrogen) atoms. The fourth-order valence-corrected chi connectivity index (χ4v) is 5.24. The maximum absolute atomic E-state index is 13.7. The Morgan fingerprint density at radius 1 is 1.19 bits per heavy atom. The maximum Gasteiger partial charge on any atom is 0.247 e. The molecule has 2 aromatic carbocycles. The highest BCUT2D eigenvalue weighted by Crippen LogP contribution is 2.43. The monoisotopic (exact) mass is 451 g/mol. The van der Waals surface area contributed by atoms with Gasteiger partial charge in [-0.3, -0.25) is 14.5 Å². The number of nitrogens with zero attached hydrogens (tertiary/aromatic N) is 2. The number of methoxy groups -OCH3 is 1. The van der Waals surface area contributed by atoms with E-state index < -0.39 is 6.04 Å². The number of hydrogen-bond acceptors (Lipinski definition) is 4. The minimum absolute atomic E-state index is 0.0931. The van der Waals surface area contributed by atoms with Crippen LogP contribution in [0.25, 0.3) is 10.9 Å². The predicted octanol–water partition coefficient (Wildman–Crippen LogP) is 4.53. The average molecular weight is 452 g/mol. The first kappa shape index (κ1) is 22.3. The summed E-state index contributed by atoms with van der Waals surface area (Å²) >= 11 is 1.49. The van der Waals surface area contributed by atoms with Crippen LogP contribution in [0.15, 0.2) is 53.6 Å². The van der Waals surface area contributed by atoms with Crippen molar-refractivity contribution < 1.29 is 14.3 Å². The third-order valence-electron chi connectivity index (χ3n) is 5.84. The van der Waals surface area contributed by atoms with E-state index in [0.29, 0.717) is 23.9 Å². The number of para-hydroxylation sites is 1. The molecule has 2 amide bonds. The first-order chi connectivity index (χ1) is 15.4. The number of nitrogens with one attached hydrogen (secondary N) is 1. The highest BCUT2D eigenvalue weighted by atomic mass is 32.2. The number of ether oxygens (including phenoxy) is 1. The summed E-state index contributed by atoms with van der Waals surface area (Å²) in [6.07, 6.45) is 0.881. The largest absolute Gasteiger partial charge is 0.497 e. The first-order valence-electron chi connectivity index (χ1n) is 10.9. The first-order valence-corrected chi connectivity index (χ1v) is 11.8. The van der Waals surface area contributed by atoms with Crippen LogP contribution in [0.3, 0.4) is 0 Å². The van der Waals surface area contributed by atoms with E-state index >= 15 is 0 Å². The van der Waals surface area contributed by atoms with Crippen LogP contribution < -0.4 is 15.0 Å². The SMILES string of the molecule is COc1ccc(N2C(=O)CSc3c(c4ccccc4n3C)C2C(=O)NCCC(C)C)cc1. The standard InChI is InChI=1S/C25H29N3O3S/c1-16(2)13-14-26-24(30)23-22-19-7-5-6-8-20(19)27(3)25(22)32-15-21(29)28(23)17-9-11-18(31-4)12-10-17/h5-12,16,23H,13-15H2,1-4H3,(H,26,30). The molecule has 0 saturated heterocycles. The van der Waals surface area contributed by atoms with Crippen LogP contribution in [-0.4, -0.2) is 35.8 Å². The van der Waals surface area contributed by atoms with E-state index in [2.05, 4.69) is 29.8 Å². The Morgan fingerprint density at radius 2 is 1.91 bits per heavy atom. The second-order valence-corrected chi connectivity index (χ2v) is 9.39. The molecule has 0 bridgehead atoms. The van der Waals surface area contributed by atoms with Gasteiger partial charge in [-0.25, -0.2) is 0 Å². The number of anilines is 1. The van der Waals surface area contributed by atoms with E-state index in [1.807, 2.05) is 49.5 Å². The third-order valence-corrected chi connectivity index (χ3v) is 7.00. The molecule has 7 heteroatoms. The highest BCUT2D eigenvalue weighted by molar-refractivity contribution is 8.00. The lowest BCUT2D eigenvalue weighted by atomic mass is 10.0. The normalized spacial score (nSPS) is 16.2. The maximum atomic E-state index is 13.7. The Bertz CT molecular complexity index is 1140. The zero-order valence-electron chi connectivity index (χ0n) is 18.9. The van der Waals surface area contributed by atoms with Crippen molar-refractivity contribution in [2.24, 2.45) is 13.0 Å². The summed E-state index contributed by atoms with van der Waals surface area (Å²) in [4.78, 5) is 28.7. The van der Waals surface area contributed by atoms with Crippen molar-refractivity contribution in [2.75, 3.05) is 24.3 Å². The highest BCUT2D eigenvalue weighted by Gasteiger charge is 2.39. The molecule has 6 nitrogen and oxygen atoms in total. The fraction of sp³-hybridized carbons (Fsp3) is 0.360. The predicted molar refractivity (Wildman–Crippen MR) is 129 cm³/mol. The average Bonchev–Trinajstić information content (AvgIpc) is 2.96. The van der Waals surface area contributed by atoms with E-state index in [-0.39, 0.29) is 17.6 Å². The van der Waals surface area contributed by atoms with Gasteiger partial charge in [0.05, 0.1) is 17.9 Å². The zero-order valence-corrected chi connectivity index (χ0v) is 19.7. The molecule has 1 aromatic heterocycles. The molecule has 1 aliphatic heterocycles. The summed E-state index contributed by atoms with van der Waals surface area (Å²) in [5.41, 5.74) is 2.62. The summed E-state index contributed by atoms with van der Waals surface area (Å²) in [6.45, 7) is 4.83. The number of thioether (sulfide) groups is 1. The van der Waals surface area contributed by atoms with Gasteiger partial charge in [-0.2, -0.15) is 0 Å².